The molecule has 0 aliphatic rings. The third-order valence-corrected chi connectivity index (χ3v) is 3.92. The third-order valence-electron chi connectivity index (χ3n) is 3.92. The van der Waals surface area contributed by atoms with Crippen molar-refractivity contribution in [2.45, 2.75) is 20.4 Å². The van der Waals surface area contributed by atoms with E-state index in [1.807, 2.05) is 38.1 Å². The van der Waals surface area contributed by atoms with Crippen LogP contribution in [-0.4, -0.2) is 36.3 Å². The topological polar surface area (TPSA) is 61.4 Å². The number of halogens is 1. The molecule has 138 valence electrons. The van der Waals surface area contributed by atoms with E-state index in [4.69, 9.17) is 0 Å². The van der Waals surface area contributed by atoms with E-state index in [9.17, 15) is 14.0 Å². The standard InChI is InChI=1S/C20H24FN3O2/c1-3-24(14-20(26)23-18-10-4-15(2)5-11-18)13-19(25)22-12-16-6-8-17(21)9-7-16/h4-11H,3,12-14H2,1-2H3,(H,22,25)(H,23,26). The minimum atomic E-state index is -0.308. The van der Waals surface area contributed by atoms with E-state index in [1.165, 1.54) is 12.1 Å². The van der Waals surface area contributed by atoms with Gasteiger partial charge in [-0.1, -0.05) is 36.8 Å². The number of rotatable bonds is 8. The summed E-state index contributed by atoms with van der Waals surface area (Å²) in [5.74, 6) is -0.654. The Balaban J connectivity index is 1.78. The number of hydrogen-bond acceptors (Lipinski definition) is 3. The lowest BCUT2D eigenvalue weighted by Gasteiger charge is -2.19. The molecule has 0 atom stereocenters. The molecular formula is C20H24FN3O2. The molecule has 26 heavy (non-hydrogen) atoms. The van der Waals surface area contributed by atoms with Gasteiger partial charge in [0.05, 0.1) is 13.1 Å². The number of carbonyl (C=O) groups is 2. The van der Waals surface area contributed by atoms with Crippen molar-refractivity contribution >= 4 is 17.5 Å². The van der Waals surface area contributed by atoms with E-state index >= 15 is 0 Å². The van der Waals surface area contributed by atoms with Crippen molar-refractivity contribution in [2.75, 3.05) is 25.0 Å². The molecule has 6 heteroatoms. The summed E-state index contributed by atoms with van der Waals surface area (Å²) >= 11 is 0. The molecule has 0 radical (unpaired) electrons. The van der Waals surface area contributed by atoms with Gasteiger partial charge in [0, 0.05) is 12.2 Å². The van der Waals surface area contributed by atoms with E-state index in [0.29, 0.717) is 13.1 Å². The average molecular weight is 357 g/mol. The molecule has 0 unspecified atom stereocenters. The van der Waals surface area contributed by atoms with Gasteiger partial charge in [0.1, 0.15) is 5.82 Å². The quantitative estimate of drug-likeness (QED) is 0.764. The number of nitrogens with zero attached hydrogens (tertiary/aromatic N) is 1. The molecule has 2 aromatic carbocycles. The number of likely N-dealkylation sites (N-methyl/N-ethyl adjacent to an activating group) is 1. The highest BCUT2D eigenvalue weighted by atomic mass is 19.1. The van der Waals surface area contributed by atoms with Crippen LogP contribution in [0.2, 0.25) is 0 Å². The molecule has 2 rings (SSSR count). The first-order valence-electron chi connectivity index (χ1n) is 8.56. The van der Waals surface area contributed by atoms with Crippen LogP contribution in [-0.2, 0) is 16.1 Å². The lowest BCUT2D eigenvalue weighted by atomic mass is 10.2. The van der Waals surface area contributed by atoms with E-state index in [-0.39, 0.29) is 30.7 Å². The largest absolute Gasteiger partial charge is 0.351 e. The van der Waals surface area contributed by atoms with Crippen LogP contribution in [0.5, 0.6) is 0 Å². The van der Waals surface area contributed by atoms with Gasteiger partial charge < -0.3 is 10.6 Å². The lowest BCUT2D eigenvalue weighted by Crippen LogP contribution is -2.40. The van der Waals surface area contributed by atoms with Crippen molar-refractivity contribution in [2.24, 2.45) is 0 Å². The number of amides is 2. The predicted octanol–water partition coefficient (Wildman–Crippen LogP) is 2.71. The minimum absolute atomic E-state index is 0.124. The first-order chi connectivity index (χ1) is 12.5. The van der Waals surface area contributed by atoms with Crippen LogP contribution in [0.1, 0.15) is 18.1 Å². The summed E-state index contributed by atoms with van der Waals surface area (Å²) in [6.07, 6.45) is 0. The van der Waals surface area contributed by atoms with Gasteiger partial charge >= 0.3 is 0 Å². The maximum Gasteiger partial charge on any atom is 0.238 e. The fourth-order valence-electron chi connectivity index (χ4n) is 2.38. The number of aryl methyl sites for hydroxylation is 1. The number of carbonyl (C=O) groups excluding carboxylic acids is 2. The molecule has 5 nitrogen and oxygen atoms in total. The second kappa shape index (κ2) is 9.68. The van der Waals surface area contributed by atoms with Gasteiger partial charge in [-0.2, -0.15) is 0 Å². The summed E-state index contributed by atoms with van der Waals surface area (Å²) in [6, 6.07) is 13.5. The van der Waals surface area contributed by atoms with Crippen molar-refractivity contribution in [3.8, 4) is 0 Å². The SMILES string of the molecule is CCN(CC(=O)NCc1ccc(F)cc1)CC(=O)Nc1ccc(C)cc1. The molecule has 2 aromatic rings. The normalized spacial score (nSPS) is 10.6. The van der Waals surface area contributed by atoms with Crippen molar-refractivity contribution in [3.05, 3.63) is 65.5 Å². The van der Waals surface area contributed by atoms with Crippen LogP contribution < -0.4 is 10.6 Å². The molecule has 0 aromatic heterocycles. The second-order valence-electron chi connectivity index (χ2n) is 6.12. The van der Waals surface area contributed by atoms with Crippen LogP contribution in [0.3, 0.4) is 0 Å². The highest BCUT2D eigenvalue weighted by Gasteiger charge is 2.13. The molecule has 0 saturated heterocycles. The lowest BCUT2D eigenvalue weighted by molar-refractivity contribution is -0.123. The van der Waals surface area contributed by atoms with Crippen LogP contribution in [0, 0.1) is 12.7 Å². The molecule has 0 fully saturated rings. The Labute approximate surface area is 153 Å². The van der Waals surface area contributed by atoms with Crippen LogP contribution >= 0.6 is 0 Å². The second-order valence-corrected chi connectivity index (χ2v) is 6.12. The molecule has 2 amide bonds. The Bertz CT molecular complexity index is 730. The number of anilines is 1. The average Bonchev–Trinajstić information content (AvgIpc) is 2.62. The Hall–Kier alpha value is -2.73. The van der Waals surface area contributed by atoms with Crippen molar-refractivity contribution in [3.63, 3.8) is 0 Å². The Morgan fingerprint density at radius 3 is 2.19 bits per heavy atom. The molecule has 0 aliphatic heterocycles. The van der Waals surface area contributed by atoms with Crippen LogP contribution in [0.25, 0.3) is 0 Å². The zero-order valence-electron chi connectivity index (χ0n) is 15.1. The molecule has 2 N–H and O–H groups in total. The molecule has 0 saturated carbocycles. The van der Waals surface area contributed by atoms with Crippen molar-refractivity contribution < 1.29 is 14.0 Å². The fraction of sp³-hybridized carbons (Fsp3) is 0.300. The minimum Gasteiger partial charge on any atom is -0.351 e. The Morgan fingerprint density at radius 2 is 1.58 bits per heavy atom. The van der Waals surface area contributed by atoms with E-state index in [0.717, 1.165) is 16.8 Å². The highest BCUT2D eigenvalue weighted by Crippen LogP contribution is 2.08. The molecule has 0 bridgehead atoms. The van der Waals surface area contributed by atoms with Gasteiger partial charge in [0.2, 0.25) is 11.8 Å². The number of benzene rings is 2. The zero-order valence-corrected chi connectivity index (χ0v) is 15.1. The van der Waals surface area contributed by atoms with Gasteiger partial charge in [-0.25, -0.2) is 4.39 Å². The molecule has 0 heterocycles. The summed E-state index contributed by atoms with van der Waals surface area (Å²) < 4.78 is 12.9. The van der Waals surface area contributed by atoms with E-state index in [2.05, 4.69) is 10.6 Å². The summed E-state index contributed by atoms with van der Waals surface area (Å²) in [4.78, 5) is 26.0. The molecular weight excluding hydrogens is 333 g/mol. The predicted molar refractivity (Wildman–Crippen MR) is 100 cm³/mol. The smallest absolute Gasteiger partial charge is 0.238 e. The van der Waals surface area contributed by atoms with Crippen molar-refractivity contribution in [1.29, 1.82) is 0 Å². The fourth-order valence-corrected chi connectivity index (χ4v) is 2.38. The van der Waals surface area contributed by atoms with Crippen LogP contribution in [0.15, 0.2) is 48.5 Å². The van der Waals surface area contributed by atoms with Gasteiger partial charge in [0.25, 0.3) is 0 Å². The van der Waals surface area contributed by atoms with Crippen molar-refractivity contribution in [1.82, 2.24) is 10.2 Å². The summed E-state index contributed by atoms with van der Waals surface area (Å²) in [7, 11) is 0. The first-order valence-corrected chi connectivity index (χ1v) is 8.56. The molecule has 0 aliphatic carbocycles. The maximum atomic E-state index is 12.9. The highest BCUT2D eigenvalue weighted by molar-refractivity contribution is 5.92. The number of nitrogens with one attached hydrogen (secondary N) is 2. The van der Waals surface area contributed by atoms with E-state index < -0.39 is 0 Å². The van der Waals surface area contributed by atoms with E-state index in [1.54, 1.807) is 17.0 Å². The zero-order chi connectivity index (χ0) is 18.9. The third kappa shape index (κ3) is 6.64. The Morgan fingerprint density at radius 1 is 0.962 bits per heavy atom. The Kier molecular flexibility index (Phi) is 7.29. The monoisotopic (exact) mass is 357 g/mol. The maximum absolute atomic E-state index is 12.9. The first kappa shape index (κ1) is 19.6. The number of hydrogen-bond donors (Lipinski definition) is 2. The van der Waals surface area contributed by atoms with Gasteiger partial charge in [0.15, 0.2) is 0 Å². The van der Waals surface area contributed by atoms with Gasteiger partial charge in [-0.15, -0.1) is 0 Å². The summed E-state index contributed by atoms with van der Waals surface area (Å²) in [5.41, 5.74) is 2.67. The van der Waals surface area contributed by atoms with Crippen LogP contribution in [0.4, 0.5) is 10.1 Å². The summed E-state index contributed by atoms with van der Waals surface area (Å²) in [5, 5.41) is 5.60. The van der Waals surface area contributed by atoms with Gasteiger partial charge in [-0.3, -0.25) is 14.5 Å². The molecule has 0 spiro atoms. The van der Waals surface area contributed by atoms with Gasteiger partial charge in [-0.05, 0) is 43.3 Å². The summed E-state index contributed by atoms with van der Waals surface area (Å²) in [6.45, 7) is 5.03.